The van der Waals surface area contributed by atoms with Gasteiger partial charge in [0.2, 0.25) is 0 Å². The van der Waals surface area contributed by atoms with Crippen LogP contribution in [-0.4, -0.2) is 30.3 Å². The summed E-state index contributed by atoms with van der Waals surface area (Å²) in [6, 6.07) is 27.4. The van der Waals surface area contributed by atoms with Gasteiger partial charge in [0.15, 0.2) is 5.60 Å². The molecule has 4 aromatic rings. The zero-order valence-corrected chi connectivity index (χ0v) is 18.4. The van der Waals surface area contributed by atoms with Crippen molar-refractivity contribution in [2.24, 2.45) is 0 Å². The fourth-order valence-corrected chi connectivity index (χ4v) is 4.49. The maximum absolute atomic E-state index is 11.9. The highest BCUT2D eigenvalue weighted by molar-refractivity contribution is 7.09. The van der Waals surface area contributed by atoms with E-state index in [0.29, 0.717) is 18.9 Å². The predicted molar refractivity (Wildman–Crippen MR) is 124 cm³/mol. The fourth-order valence-electron chi connectivity index (χ4n) is 3.74. The predicted octanol–water partition coefficient (Wildman–Crippen LogP) is 5.27. The first-order chi connectivity index (χ1) is 15.2. The van der Waals surface area contributed by atoms with E-state index in [-0.39, 0.29) is 0 Å². The van der Waals surface area contributed by atoms with Gasteiger partial charge in [0.05, 0.1) is 13.2 Å². The molecule has 2 aromatic heterocycles. The molecule has 4 nitrogen and oxygen atoms in total. The van der Waals surface area contributed by atoms with Crippen molar-refractivity contribution in [2.75, 3.05) is 20.3 Å². The first-order valence-electron chi connectivity index (χ1n) is 10.4. The van der Waals surface area contributed by atoms with Gasteiger partial charge in [0.25, 0.3) is 0 Å². The summed E-state index contributed by atoms with van der Waals surface area (Å²) in [4.78, 5) is 3.59. The topological polar surface area (TPSA) is 45.8 Å². The molecule has 0 fully saturated rings. The Bertz CT molecular complexity index is 1010. The smallest absolute Gasteiger partial charge is 0.173 e. The molecule has 0 saturated carbocycles. The van der Waals surface area contributed by atoms with Crippen LogP contribution in [0.2, 0.25) is 0 Å². The summed E-state index contributed by atoms with van der Waals surface area (Å²) in [5, 5.41) is 14.0. The molecule has 0 saturated heterocycles. The van der Waals surface area contributed by atoms with Gasteiger partial charge in [-0.3, -0.25) is 4.90 Å². The highest BCUT2D eigenvalue weighted by Gasteiger charge is 2.37. The average Bonchev–Trinajstić information content (AvgIpc) is 3.51. The molecular weight excluding hydrogens is 406 g/mol. The minimum Gasteiger partial charge on any atom is -0.461 e. The van der Waals surface area contributed by atoms with Gasteiger partial charge < -0.3 is 14.3 Å². The minimum absolute atomic E-state index is 0.516. The summed E-state index contributed by atoms with van der Waals surface area (Å²) in [6.45, 7) is 2.92. The highest BCUT2D eigenvalue weighted by Crippen LogP contribution is 2.37. The summed E-state index contributed by atoms with van der Waals surface area (Å²) in [5.41, 5.74) is 0.195. The molecule has 0 amide bonds. The zero-order valence-electron chi connectivity index (χ0n) is 17.6. The molecule has 31 heavy (non-hydrogen) atoms. The van der Waals surface area contributed by atoms with Gasteiger partial charge in [-0.15, -0.1) is 11.3 Å². The normalized spacial score (nSPS) is 11.8. The molecule has 0 aliphatic rings. The quantitative estimate of drug-likeness (QED) is 0.370. The van der Waals surface area contributed by atoms with E-state index in [1.54, 1.807) is 18.4 Å². The molecule has 0 radical (unpaired) electrons. The maximum atomic E-state index is 11.9. The molecule has 160 valence electrons. The van der Waals surface area contributed by atoms with E-state index in [0.717, 1.165) is 30.0 Å². The summed E-state index contributed by atoms with van der Waals surface area (Å²) in [5.74, 6) is 1.33. The van der Waals surface area contributed by atoms with E-state index >= 15 is 0 Å². The maximum Gasteiger partial charge on any atom is 0.173 e. The molecule has 0 unspecified atom stereocenters. The van der Waals surface area contributed by atoms with Crippen LogP contribution in [0.1, 0.15) is 27.5 Å². The van der Waals surface area contributed by atoms with Crippen LogP contribution in [0.4, 0.5) is 0 Å². The Kier molecular flexibility index (Phi) is 6.99. The van der Waals surface area contributed by atoms with E-state index < -0.39 is 5.60 Å². The molecule has 0 spiro atoms. The Hall–Kier alpha value is -2.70. The van der Waals surface area contributed by atoms with Gasteiger partial charge in [-0.05, 0) is 34.7 Å². The SMILES string of the molecule is COCCN(Cc1ccc(C(O)(c2ccccc2)c2ccccc2)o1)Cc1cccs1. The number of ether oxygens (including phenoxy) is 1. The molecule has 2 aromatic carbocycles. The molecule has 1 N–H and O–H groups in total. The number of hydrogen-bond acceptors (Lipinski definition) is 5. The van der Waals surface area contributed by atoms with E-state index in [2.05, 4.69) is 22.4 Å². The standard InChI is InChI=1S/C26H27NO3S/c1-29-17-16-27(20-24-13-8-18-31-24)19-23-14-15-25(30-23)26(28,21-9-4-2-5-10-21)22-11-6-3-7-12-22/h2-15,18,28H,16-17,19-20H2,1H3. The van der Waals surface area contributed by atoms with Crippen LogP contribution in [0.15, 0.2) is 94.7 Å². The molecular formula is C26H27NO3S. The number of benzene rings is 2. The Balaban J connectivity index is 1.63. The van der Waals surface area contributed by atoms with Crippen molar-refractivity contribution in [1.29, 1.82) is 0 Å². The van der Waals surface area contributed by atoms with Crippen molar-refractivity contribution in [3.63, 3.8) is 0 Å². The summed E-state index contributed by atoms with van der Waals surface area (Å²) in [6.07, 6.45) is 0. The largest absolute Gasteiger partial charge is 0.461 e. The second kappa shape index (κ2) is 10.1. The third-order valence-electron chi connectivity index (χ3n) is 5.35. The summed E-state index contributed by atoms with van der Waals surface area (Å²) >= 11 is 1.75. The van der Waals surface area contributed by atoms with E-state index in [1.165, 1.54) is 4.88 Å². The fraction of sp³-hybridized carbons (Fsp3) is 0.231. The van der Waals surface area contributed by atoms with Gasteiger partial charge in [-0.1, -0.05) is 66.7 Å². The molecule has 0 bridgehead atoms. The summed E-state index contributed by atoms with van der Waals surface area (Å²) in [7, 11) is 1.72. The molecule has 0 atom stereocenters. The van der Waals surface area contributed by atoms with Gasteiger partial charge in [-0.25, -0.2) is 0 Å². The van der Waals surface area contributed by atoms with E-state index in [4.69, 9.17) is 9.15 Å². The van der Waals surface area contributed by atoms with Crippen LogP contribution >= 0.6 is 11.3 Å². The third kappa shape index (κ3) is 4.97. The van der Waals surface area contributed by atoms with Crippen LogP contribution in [0.3, 0.4) is 0 Å². The number of rotatable bonds is 10. The average molecular weight is 434 g/mol. The van der Waals surface area contributed by atoms with Gasteiger partial charge in [-0.2, -0.15) is 0 Å². The van der Waals surface area contributed by atoms with Gasteiger partial charge in [0.1, 0.15) is 11.5 Å². The lowest BCUT2D eigenvalue weighted by Crippen LogP contribution is -2.28. The first kappa shape index (κ1) is 21.5. The Morgan fingerprint density at radius 3 is 2.13 bits per heavy atom. The number of methoxy groups -OCH3 is 1. The Morgan fingerprint density at radius 1 is 0.871 bits per heavy atom. The number of thiophene rings is 1. The third-order valence-corrected chi connectivity index (χ3v) is 6.21. The molecule has 0 aliphatic heterocycles. The molecule has 0 aliphatic carbocycles. The Morgan fingerprint density at radius 2 is 1.55 bits per heavy atom. The van der Waals surface area contributed by atoms with Crippen molar-refractivity contribution in [3.05, 3.63) is 118 Å². The van der Waals surface area contributed by atoms with Crippen molar-refractivity contribution in [2.45, 2.75) is 18.7 Å². The second-order valence-electron chi connectivity index (χ2n) is 7.49. The monoisotopic (exact) mass is 433 g/mol. The van der Waals surface area contributed by atoms with Crippen molar-refractivity contribution < 1.29 is 14.3 Å². The molecule has 5 heteroatoms. The highest BCUT2D eigenvalue weighted by atomic mass is 32.1. The van der Waals surface area contributed by atoms with Crippen LogP contribution < -0.4 is 0 Å². The number of furan rings is 1. The molecule has 2 heterocycles. The van der Waals surface area contributed by atoms with Crippen LogP contribution in [0.25, 0.3) is 0 Å². The van der Waals surface area contributed by atoms with Crippen LogP contribution in [-0.2, 0) is 23.4 Å². The summed E-state index contributed by atoms with van der Waals surface area (Å²) < 4.78 is 11.6. The van der Waals surface area contributed by atoms with Crippen LogP contribution in [0.5, 0.6) is 0 Å². The van der Waals surface area contributed by atoms with Crippen molar-refractivity contribution >= 4 is 11.3 Å². The minimum atomic E-state index is -1.36. The van der Waals surface area contributed by atoms with E-state index in [9.17, 15) is 5.11 Å². The lowest BCUT2D eigenvalue weighted by molar-refractivity contribution is 0.0933. The molecule has 4 rings (SSSR count). The van der Waals surface area contributed by atoms with Gasteiger partial charge >= 0.3 is 0 Å². The number of hydrogen-bond donors (Lipinski definition) is 1. The van der Waals surface area contributed by atoms with Crippen molar-refractivity contribution in [1.82, 2.24) is 4.90 Å². The zero-order chi connectivity index (χ0) is 21.5. The number of nitrogens with zero attached hydrogens (tertiary/aromatic N) is 1. The lowest BCUT2D eigenvalue weighted by Gasteiger charge is -2.27. The van der Waals surface area contributed by atoms with Crippen LogP contribution in [0, 0.1) is 0 Å². The second-order valence-corrected chi connectivity index (χ2v) is 8.52. The van der Waals surface area contributed by atoms with Gasteiger partial charge in [0, 0.05) is 25.1 Å². The van der Waals surface area contributed by atoms with Crippen molar-refractivity contribution in [3.8, 4) is 0 Å². The lowest BCUT2D eigenvalue weighted by atomic mass is 9.84. The first-order valence-corrected chi connectivity index (χ1v) is 11.2. The Labute approximate surface area is 187 Å². The number of aliphatic hydroxyl groups is 1. The van der Waals surface area contributed by atoms with E-state index in [1.807, 2.05) is 72.8 Å².